The van der Waals surface area contributed by atoms with Crippen molar-refractivity contribution in [3.63, 3.8) is 0 Å². The van der Waals surface area contributed by atoms with Crippen molar-refractivity contribution in [3.8, 4) is 0 Å². The minimum Gasteiger partial charge on any atom is -0.451 e. The second-order valence-corrected chi connectivity index (χ2v) is 5.66. The zero-order valence-electron chi connectivity index (χ0n) is 12.1. The summed E-state index contributed by atoms with van der Waals surface area (Å²) >= 11 is 17.3. The molecule has 3 N–H and O–H groups in total. The van der Waals surface area contributed by atoms with E-state index in [4.69, 9.17) is 45.3 Å². The number of anilines is 2. The normalized spacial score (nSPS) is 10.4. The van der Waals surface area contributed by atoms with Crippen LogP contribution in [-0.4, -0.2) is 23.5 Å². The molecule has 0 aliphatic heterocycles. The molecule has 0 fully saturated rings. The van der Waals surface area contributed by atoms with E-state index in [9.17, 15) is 18.4 Å². The first-order chi connectivity index (χ1) is 11.7. The number of halogens is 5. The molecule has 0 saturated heterocycles. The van der Waals surface area contributed by atoms with E-state index in [0.29, 0.717) is 0 Å². The van der Waals surface area contributed by atoms with E-state index in [1.807, 2.05) is 0 Å². The number of rotatable bonds is 4. The highest BCUT2D eigenvalue weighted by Gasteiger charge is 2.21. The van der Waals surface area contributed by atoms with Crippen LogP contribution in [0.3, 0.4) is 0 Å². The Kier molecular flexibility index (Phi) is 5.99. The second-order valence-electron chi connectivity index (χ2n) is 4.55. The van der Waals surface area contributed by atoms with Gasteiger partial charge in [0.1, 0.15) is 5.02 Å². The van der Waals surface area contributed by atoms with Gasteiger partial charge in [-0.25, -0.2) is 18.6 Å². The predicted molar refractivity (Wildman–Crippen MR) is 88.9 cm³/mol. The topological polar surface area (TPSA) is 94.3 Å². The molecular weight excluding hydrogens is 403 g/mol. The van der Waals surface area contributed by atoms with Crippen molar-refractivity contribution in [3.05, 3.63) is 50.7 Å². The fourth-order valence-corrected chi connectivity index (χ4v) is 2.22. The highest BCUT2D eigenvalue weighted by Crippen LogP contribution is 2.34. The summed E-state index contributed by atoms with van der Waals surface area (Å²) in [6, 6.07) is 2.74. The van der Waals surface area contributed by atoms with Crippen molar-refractivity contribution in [2.24, 2.45) is 0 Å². The van der Waals surface area contributed by atoms with Gasteiger partial charge in [-0.15, -0.1) is 0 Å². The Balaban J connectivity index is 2.02. The Bertz CT molecular complexity index is 865. The van der Waals surface area contributed by atoms with Crippen LogP contribution in [0.2, 0.25) is 15.2 Å². The number of aromatic nitrogens is 1. The summed E-state index contributed by atoms with van der Waals surface area (Å²) in [7, 11) is 0. The fraction of sp³-hybridized carbons (Fsp3) is 0.0714. The zero-order valence-corrected chi connectivity index (χ0v) is 14.3. The molecular formula is C14H8Cl3F2N3O3. The molecule has 0 aliphatic rings. The van der Waals surface area contributed by atoms with Gasteiger partial charge in [0.15, 0.2) is 29.1 Å². The van der Waals surface area contributed by atoms with Crippen LogP contribution in [0.4, 0.5) is 20.2 Å². The minimum atomic E-state index is -1.14. The van der Waals surface area contributed by atoms with Gasteiger partial charge in [0, 0.05) is 11.8 Å². The average molecular weight is 411 g/mol. The smallest absolute Gasteiger partial charge is 0.359 e. The zero-order chi connectivity index (χ0) is 18.7. The number of carbonyl (C=O) groups is 2. The summed E-state index contributed by atoms with van der Waals surface area (Å²) in [6.45, 7) is -0.740. The van der Waals surface area contributed by atoms with Crippen molar-refractivity contribution in [2.45, 2.75) is 0 Å². The monoisotopic (exact) mass is 409 g/mol. The third-order valence-electron chi connectivity index (χ3n) is 2.80. The molecule has 2 aromatic rings. The molecule has 11 heteroatoms. The van der Waals surface area contributed by atoms with Gasteiger partial charge >= 0.3 is 5.97 Å². The van der Waals surface area contributed by atoms with Crippen LogP contribution in [0.25, 0.3) is 0 Å². The van der Waals surface area contributed by atoms with Crippen molar-refractivity contribution >= 4 is 58.1 Å². The third kappa shape index (κ3) is 4.47. The molecule has 0 spiro atoms. The molecule has 0 unspecified atom stereocenters. The number of pyridine rings is 1. The van der Waals surface area contributed by atoms with Crippen LogP contribution >= 0.6 is 34.8 Å². The van der Waals surface area contributed by atoms with Crippen molar-refractivity contribution in [1.82, 2.24) is 4.98 Å². The molecule has 0 atom stereocenters. The van der Waals surface area contributed by atoms with Gasteiger partial charge in [0.2, 0.25) is 0 Å². The van der Waals surface area contributed by atoms with Gasteiger partial charge in [-0.2, -0.15) is 0 Å². The quantitative estimate of drug-likeness (QED) is 0.592. The van der Waals surface area contributed by atoms with Gasteiger partial charge in [0.25, 0.3) is 5.91 Å². The van der Waals surface area contributed by atoms with Gasteiger partial charge in [0.05, 0.1) is 10.7 Å². The molecule has 2 rings (SSSR count). The van der Waals surface area contributed by atoms with Crippen LogP contribution in [0.1, 0.15) is 10.5 Å². The number of hydrogen-bond donors (Lipinski definition) is 2. The predicted octanol–water partition coefficient (Wildman–Crippen LogP) is 3.70. The molecule has 1 heterocycles. The number of hydrogen-bond acceptors (Lipinski definition) is 5. The maximum atomic E-state index is 13.0. The number of carbonyl (C=O) groups excluding carboxylic acids is 2. The van der Waals surface area contributed by atoms with Crippen LogP contribution in [0.15, 0.2) is 18.2 Å². The SMILES string of the molecule is Nc1c(Cl)c(Cl)nc(C(=O)OCC(=O)Nc2ccc(F)c(F)c2)c1Cl. The molecule has 0 bridgehead atoms. The third-order valence-corrected chi connectivity index (χ3v) is 3.94. The number of ether oxygens (including phenoxy) is 1. The van der Waals surface area contributed by atoms with E-state index in [0.717, 1.165) is 18.2 Å². The highest BCUT2D eigenvalue weighted by atomic mass is 35.5. The fourth-order valence-electron chi connectivity index (χ4n) is 1.64. The standard InChI is InChI=1S/C14H8Cl3F2N3O3/c15-9-11(20)10(16)13(17)22-12(9)14(24)25-4-8(23)21-5-1-2-6(18)7(19)3-5/h1-3H,4H2,(H2,20,22)(H,21,23). The van der Waals surface area contributed by atoms with Gasteiger partial charge in [-0.3, -0.25) is 4.79 Å². The lowest BCUT2D eigenvalue weighted by atomic mass is 10.3. The van der Waals surface area contributed by atoms with E-state index in [1.54, 1.807) is 0 Å². The maximum Gasteiger partial charge on any atom is 0.359 e. The number of nitrogens with one attached hydrogen (secondary N) is 1. The Hall–Kier alpha value is -2.16. The molecule has 0 radical (unpaired) electrons. The Labute approximate surface area is 154 Å². The number of benzene rings is 1. The molecule has 132 valence electrons. The van der Waals surface area contributed by atoms with Crippen LogP contribution in [0, 0.1) is 11.6 Å². The molecule has 1 aromatic carbocycles. The molecule has 1 amide bonds. The first-order valence-electron chi connectivity index (χ1n) is 6.42. The number of amides is 1. The Morgan fingerprint density at radius 2 is 1.84 bits per heavy atom. The number of nitrogens with zero attached hydrogens (tertiary/aromatic N) is 1. The first-order valence-corrected chi connectivity index (χ1v) is 7.56. The van der Waals surface area contributed by atoms with Gasteiger partial charge < -0.3 is 15.8 Å². The lowest BCUT2D eigenvalue weighted by molar-refractivity contribution is -0.119. The van der Waals surface area contributed by atoms with E-state index in [2.05, 4.69) is 10.3 Å². The van der Waals surface area contributed by atoms with E-state index in [-0.39, 0.29) is 26.6 Å². The first kappa shape index (κ1) is 19.2. The minimum absolute atomic E-state index is 0.0186. The summed E-state index contributed by atoms with van der Waals surface area (Å²) in [5.74, 6) is -4.08. The molecule has 25 heavy (non-hydrogen) atoms. The van der Waals surface area contributed by atoms with Crippen LogP contribution in [0.5, 0.6) is 0 Å². The van der Waals surface area contributed by atoms with Gasteiger partial charge in [-0.05, 0) is 12.1 Å². The summed E-state index contributed by atoms with van der Waals surface area (Å²) < 4.78 is 30.6. The number of nitrogen functional groups attached to an aromatic ring is 1. The molecule has 6 nitrogen and oxygen atoms in total. The van der Waals surface area contributed by atoms with Gasteiger partial charge in [-0.1, -0.05) is 34.8 Å². The molecule has 0 aliphatic carbocycles. The van der Waals surface area contributed by atoms with Crippen LogP contribution < -0.4 is 11.1 Å². The average Bonchev–Trinajstić information content (AvgIpc) is 2.57. The van der Waals surface area contributed by atoms with E-state index < -0.39 is 35.8 Å². The Morgan fingerprint density at radius 3 is 2.48 bits per heavy atom. The largest absolute Gasteiger partial charge is 0.451 e. The summed E-state index contributed by atoms with van der Waals surface area (Å²) in [6.07, 6.45) is 0. The van der Waals surface area contributed by atoms with Crippen LogP contribution in [-0.2, 0) is 9.53 Å². The Morgan fingerprint density at radius 1 is 1.16 bits per heavy atom. The van der Waals surface area contributed by atoms with Crippen molar-refractivity contribution in [1.29, 1.82) is 0 Å². The molecule has 0 saturated carbocycles. The number of esters is 1. The lowest BCUT2D eigenvalue weighted by Crippen LogP contribution is -2.21. The summed E-state index contributed by atoms with van der Waals surface area (Å²) in [5, 5.41) is 1.55. The van der Waals surface area contributed by atoms with Crippen molar-refractivity contribution in [2.75, 3.05) is 17.7 Å². The van der Waals surface area contributed by atoms with E-state index >= 15 is 0 Å². The molecule has 1 aromatic heterocycles. The highest BCUT2D eigenvalue weighted by molar-refractivity contribution is 6.46. The maximum absolute atomic E-state index is 13.0. The summed E-state index contributed by atoms with van der Waals surface area (Å²) in [5.41, 5.74) is 4.96. The summed E-state index contributed by atoms with van der Waals surface area (Å²) in [4.78, 5) is 27.2. The second kappa shape index (κ2) is 7.81. The van der Waals surface area contributed by atoms with E-state index in [1.165, 1.54) is 0 Å². The number of nitrogens with two attached hydrogens (primary N) is 1. The lowest BCUT2D eigenvalue weighted by Gasteiger charge is -2.09. The van der Waals surface area contributed by atoms with Crippen molar-refractivity contribution < 1.29 is 23.1 Å².